The van der Waals surface area contributed by atoms with Crippen molar-refractivity contribution in [1.29, 1.82) is 5.26 Å². The Labute approximate surface area is 150 Å². The molecule has 1 aromatic heterocycles. The molecule has 0 atom stereocenters. The normalized spacial score (nSPS) is 10.3. The first-order valence-electron chi connectivity index (χ1n) is 8.08. The number of benzene rings is 2. The smallest absolute Gasteiger partial charge is 0.251 e. The quantitative estimate of drug-likeness (QED) is 0.763. The average molecular weight is 349 g/mol. The highest BCUT2D eigenvalue weighted by Crippen LogP contribution is 2.24. The number of nitriles is 1. The van der Waals surface area contributed by atoms with Gasteiger partial charge in [0, 0.05) is 18.5 Å². The lowest BCUT2D eigenvalue weighted by molar-refractivity contribution is 0.0954. The summed E-state index contributed by atoms with van der Waals surface area (Å²) in [5, 5.41) is 11.7. The molecular formula is C20H16FN3O2. The largest absolute Gasteiger partial charge is 0.441 e. The van der Waals surface area contributed by atoms with Crippen LogP contribution < -0.4 is 5.32 Å². The summed E-state index contributed by atoms with van der Waals surface area (Å²) in [5.41, 5.74) is 1.82. The highest BCUT2D eigenvalue weighted by Gasteiger charge is 2.14. The van der Waals surface area contributed by atoms with Crippen LogP contribution >= 0.6 is 0 Å². The topological polar surface area (TPSA) is 78.9 Å². The molecule has 0 radical (unpaired) electrons. The van der Waals surface area contributed by atoms with Crippen molar-refractivity contribution in [3.8, 4) is 17.5 Å². The summed E-state index contributed by atoms with van der Waals surface area (Å²) in [6.07, 6.45) is 0.452. The number of rotatable bonds is 5. The van der Waals surface area contributed by atoms with E-state index in [1.54, 1.807) is 43.3 Å². The van der Waals surface area contributed by atoms with Gasteiger partial charge in [0.25, 0.3) is 5.91 Å². The minimum Gasteiger partial charge on any atom is -0.441 e. The maximum absolute atomic E-state index is 13.8. The Bertz CT molecular complexity index is 989. The fourth-order valence-corrected chi connectivity index (χ4v) is 2.54. The van der Waals surface area contributed by atoms with Gasteiger partial charge in [-0.3, -0.25) is 4.79 Å². The monoisotopic (exact) mass is 349 g/mol. The van der Waals surface area contributed by atoms with Gasteiger partial charge in [0.15, 0.2) is 0 Å². The summed E-state index contributed by atoms with van der Waals surface area (Å²) >= 11 is 0. The Morgan fingerprint density at radius 2 is 2.08 bits per heavy atom. The lowest BCUT2D eigenvalue weighted by Crippen LogP contribution is -2.25. The van der Waals surface area contributed by atoms with Gasteiger partial charge in [-0.05, 0) is 37.3 Å². The van der Waals surface area contributed by atoms with Gasteiger partial charge in [0.05, 0.1) is 22.9 Å². The Kier molecular flexibility index (Phi) is 5.09. The van der Waals surface area contributed by atoms with Crippen molar-refractivity contribution >= 4 is 5.91 Å². The summed E-state index contributed by atoms with van der Waals surface area (Å²) in [6.45, 7) is 2.10. The second-order valence-corrected chi connectivity index (χ2v) is 5.70. The summed E-state index contributed by atoms with van der Waals surface area (Å²) in [6, 6.07) is 14.8. The summed E-state index contributed by atoms with van der Waals surface area (Å²) < 4.78 is 19.4. The molecule has 5 nitrogen and oxygen atoms in total. The molecule has 0 aliphatic heterocycles. The van der Waals surface area contributed by atoms with Crippen LogP contribution in [-0.2, 0) is 6.42 Å². The van der Waals surface area contributed by atoms with E-state index in [1.807, 2.05) is 6.07 Å². The zero-order chi connectivity index (χ0) is 18.5. The minimum atomic E-state index is -0.397. The molecule has 1 heterocycles. The van der Waals surface area contributed by atoms with Gasteiger partial charge in [-0.15, -0.1) is 0 Å². The standard InChI is InChI=1S/C20H16FN3O2/c1-13-18(24-20(26-13)16-7-2-3-8-17(16)21)9-10-23-19(25)15-6-4-5-14(11-15)12-22/h2-8,11H,9-10H2,1H3,(H,23,25). The Morgan fingerprint density at radius 1 is 1.27 bits per heavy atom. The summed E-state index contributed by atoms with van der Waals surface area (Å²) in [5.74, 6) is 0.149. The zero-order valence-electron chi connectivity index (χ0n) is 14.1. The van der Waals surface area contributed by atoms with Crippen LogP contribution in [0.3, 0.4) is 0 Å². The van der Waals surface area contributed by atoms with E-state index in [9.17, 15) is 9.18 Å². The maximum Gasteiger partial charge on any atom is 0.251 e. The van der Waals surface area contributed by atoms with E-state index in [1.165, 1.54) is 12.1 Å². The third-order valence-corrected chi connectivity index (χ3v) is 3.90. The van der Waals surface area contributed by atoms with Crippen LogP contribution in [0, 0.1) is 24.1 Å². The van der Waals surface area contributed by atoms with E-state index in [2.05, 4.69) is 10.3 Å². The Balaban J connectivity index is 1.64. The van der Waals surface area contributed by atoms with Crippen molar-refractivity contribution in [2.45, 2.75) is 13.3 Å². The number of nitrogens with one attached hydrogen (secondary N) is 1. The van der Waals surface area contributed by atoms with Crippen molar-refractivity contribution < 1.29 is 13.6 Å². The first-order chi connectivity index (χ1) is 12.6. The highest BCUT2D eigenvalue weighted by molar-refractivity contribution is 5.94. The molecule has 0 spiro atoms. The molecule has 3 aromatic rings. The van der Waals surface area contributed by atoms with E-state index in [-0.39, 0.29) is 11.8 Å². The molecular weight excluding hydrogens is 333 g/mol. The summed E-state index contributed by atoms with van der Waals surface area (Å²) in [4.78, 5) is 16.5. The second kappa shape index (κ2) is 7.62. The third-order valence-electron chi connectivity index (χ3n) is 3.90. The number of amides is 1. The van der Waals surface area contributed by atoms with E-state index >= 15 is 0 Å². The van der Waals surface area contributed by atoms with Crippen LogP contribution in [0.15, 0.2) is 52.9 Å². The molecule has 3 rings (SSSR count). The van der Waals surface area contributed by atoms with Crippen LogP contribution in [0.4, 0.5) is 4.39 Å². The molecule has 0 saturated carbocycles. The molecule has 1 amide bonds. The van der Waals surface area contributed by atoms with Crippen LogP contribution in [0.25, 0.3) is 11.5 Å². The van der Waals surface area contributed by atoms with Gasteiger partial charge in [-0.25, -0.2) is 9.37 Å². The molecule has 26 heavy (non-hydrogen) atoms. The first kappa shape index (κ1) is 17.4. The number of carbonyl (C=O) groups excluding carboxylic acids is 1. The summed E-state index contributed by atoms with van der Waals surface area (Å²) in [7, 11) is 0. The second-order valence-electron chi connectivity index (χ2n) is 5.70. The van der Waals surface area contributed by atoms with Crippen LogP contribution in [0.2, 0.25) is 0 Å². The van der Waals surface area contributed by atoms with Gasteiger partial charge >= 0.3 is 0 Å². The van der Waals surface area contributed by atoms with Crippen molar-refractivity contribution in [2.75, 3.05) is 6.54 Å². The SMILES string of the molecule is Cc1oc(-c2ccccc2F)nc1CCNC(=O)c1cccc(C#N)c1. The average Bonchev–Trinajstić information content (AvgIpc) is 3.02. The molecule has 1 N–H and O–H groups in total. The van der Waals surface area contributed by atoms with Crippen LogP contribution in [0.1, 0.15) is 27.4 Å². The van der Waals surface area contributed by atoms with E-state index in [4.69, 9.17) is 9.68 Å². The lowest BCUT2D eigenvalue weighted by atomic mass is 10.1. The molecule has 0 saturated heterocycles. The molecule has 130 valence electrons. The van der Waals surface area contributed by atoms with Crippen molar-refractivity contribution in [1.82, 2.24) is 10.3 Å². The molecule has 6 heteroatoms. The molecule has 0 fully saturated rings. The molecule has 0 aliphatic rings. The van der Waals surface area contributed by atoms with Crippen LogP contribution in [0.5, 0.6) is 0 Å². The van der Waals surface area contributed by atoms with Crippen molar-refractivity contribution in [3.05, 3.63) is 76.9 Å². The Morgan fingerprint density at radius 3 is 2.85 bits per heavy atom. The molecule has 0 bridgehead atoms. The predicted octanol–water partition coefficient (Wildman–Crippen LogP) is 3.63. The fourth-order valence-electron chi connectivity index (χ4n) is 2.54. The van der Waals surface area contributed by atoms with Gasteiger partial charge in [0.2, 0.25) is 5.89 Å². The van der Waals surface area contributed by atoms with Gasteiger partial charge in [0.1, 0.15) is 11.6 Å². The number of carbonyl (C=O) groups is 1. The number of halogens is 1. The van der Waals surface area contributed by atoms with Gasteiger partial charge < -0.3 is 9.73 Å². The van der Waals surface area contributed by atoms with Crippen molar-refractivity contribution in [3.63, 3.8) is 0 Å². The predicted molar refractivity (Wildman–Crippen MR) is 93.8 cm³/mol. The van der Waals surface area contributed by atoms with E-state index in [0.717, 1.165) is 0 Å². The number of aryl methyl sites for hydroxylation is 1. The van der Waals surface area contributed by atoms with E-state index < -0.39 is 5.82 Å². The minimum absolute atomic E-state index is 0.226. The van der Waals surface area contributed by atoms with Gasteiger partial charge in [-0.2, -0.15) is 5.26 Å². The molecule has 0 aliphatic carbocycles. The van der Waals surface area contributed by atoms with E-state index in [0.29, 0.717) is 41.1 Å². The lowest BCUT2D eigenvalue weighted by Gasteiger charge is -2.04. The number of oxazole rings is 1. The fraction of sp³-hybridized carbons (Fsp3) is 0.150. The highest BCUT2D eigenvalue weighted by atomic mass is 19.1. The molecule has 0 unspecified atom stereocenters. The maximum atomic E-state index is 13.8. The van der Waals surface area contributed by atoms with Crippen molar-refractivity contribution in [2.24, 2.45) is 0 Å². The number of hydrogen-bond acceptors (Lipinski definition) is 4. The third kappa shape index (κ3) is 3.78. The Hall–Kier alpha value is -3.46. The zero-order valence-corrected chi connectivity index (χ0v) is 14.1. The van der Waals surface area contributed by atoms with Crippen LogP contribution in [-0.4, -0.2) is 17.4 Å². The number of hydrogen-bond donors (Lipinski definition) is 1. The first-order valence-corrected chi connectivity index (χ1v) is 8.08. The molecule has 2 aromatic carbocycles. The number of aromatic nitrogens is 1. The van der Waals surface area contributed by atoms with Gasteiger partial charge in [-0.1, -0.05) is 18.2 Å². The number of nitrogens with zero attached hydrogens (tertiary/aromatic N) is 2.